The van der Waals surface area contributed by atoms with Gasteiger partial charge in [0.1, 0.15) is 6.04 Å². The lowest BCUT2D eigenvalue weighted by molar-refractivity contribution is -0.131. The number of carbonyl (C=O) groups excluding carboxylic acids is 3. The number of fused-ring (bicyclic) bond motifs is 3. The molecule has 12 nitrogen and oxygen atoms in total. The maximum atomic E-state index is 13.7. The summed E-state index contributed by atoms with van der Waals surface area (Å²) in [7, 11) is 0. The van der Waals surface area contributed by atoms with Gasteiger partial charge < -0.3 is 20.0 Å². The molecule has 3 saturated heterocycles. The minimum absolute atomic E-state index is 0.0443. The van der Waals surface area contributed by atoms with Gasteiger partial charge in [-0.15, -0.1) is 5.10 Å². The Balaban J connectivity index is 1.17. The van der Waals surface area contributed by atoms with Crippen molar-refractivity contribution >= 4 is 17.7 Å². The monoisotopic (exact) mass is 689 g/mol. The fourth-order valence-electron chi connectivity index (χ4n) is 9.40. The third kappa shape index (κ3) is 6.19. The molecule has 266 valence electrons. The number of aromatic amines is 1. The molecule has 8 rings (SSSR count). The van der Waals surface area contributed by atoms with E-state index in [4.69, 9.17) is 0 Å². The van der Waals surface area contributed by atoms with Gasteiger partial charge in [-0.3, -0.25) is 14.4 Å². The predicted molar refractivity (Wildman–Crippen MR) is 189 cm³/mol. The standard InChI is InChI=1S/C39H47N9O3/c1-25(41-24-35(49)48-31(23-40)20-30-21-34(30)48)22-39(38-42-44-45-43-38)32-12-10-28(36(50)46-14-4-2-5-15-46)18-26(32)8-9-27-19-29(11-13-33(27)39)37(51)47-16-6-3-7-17-47/h10-13,18-19,25,30-31,34,41H,2-9,14-17,20-22,24H2,1H3,(H,42,43,44,45)/t25-,30+,31?,34-/m0/s1. The molecule has 3 amide bonds. The minimum Gasteiger partial charge on any atom is -0.339 e. The molecule has 1 saturated carbocycles. The van der Waals surface area contributed by atoms with Gasteiger partial charge in [0.05, 0.1) is 18.0 Å². The van der Waals surface area contributed by atoms with E-state index in [0.717, 1.165) is 99.8 Å². The number of nitrogens with zero attached hydrogens (tertiary/aromatic N) is 7. The molecule has 51 heavy (non-hydrogen) atoms. The van der Waals surface area contributed by atoms with E-state index in [2.05, 4.69) is 63.2 Å². The van der Waals surface area contributed by atoms with Crippen LogP contribution >= 0.6 is 0 Å². The number of hydrogen-bond acceptors (Lipinski definition) is 8. The van der Waals surface area contributed by atoms with Crippen LogP contribution in [0.4, 0.5) is 0 Å². The first kappa shape index (κ1) is 33.5. The van der Waals surface area contributed by atoms with Crippen molar-refractivity contribution in [2.75, 3.05) is 32.7 Å². The van der Waals surface area contributed by atoms with Crippen molar-refractivity contribution in [3.05, 3.63) is 75.6 Å². The predicted octanol–water partition coefficient (Wildman–Crippen LogP) is 3.77. The van der Waals surface area contributed by atoms with E-state index >= 15 is 0 Å². The van der Waals surface area contributed by atoms with Crippen LogP contribution in [0.15, 0.2) is 36.4 Å². The molecule has 2 N–H and O–H groups in total. The molecule has 1 unspecified atom stereocenters. The molecule has 0 radical (unpaired) electrons. The van der Waals surface area contributed by atoms with E-state index < -0.39 is 5.41 Å². The van der Waals surface area contributed by atoms with Crippen LogP contribution in [-0.4, -0.2) is 104 Å². The summed E-state index contributed by atoms with van der Waals surface area (Å²) >= 11 is 0. The average Bonchev–Trinajstić information content (AvgIpc) is 3.55. The van der Waals surface area contributed by atoms with Crippen molar-refractivity contribution in [1.29, 1.82) is 5.26 Å². The highest BCUT2D eigenvalue weighted by Gasteiger charge is 2.54. The van der Waals surface area contributed by atoms with Crippen LogP contribution in [0, 0.1) is 17.2 Å². The maximum absolute atomic E-state index is 13.7. The molecule has 3 aromatic rings. The number of H-pyrrole nitrogens is 1. The first-order valence-corrected chi connectivity index (χ1v) is 18.9. The number of amides is 3. The summed E-state index contributed by atoms with van der Waals surface area (Å²) in [6, 6.07) is 14.1. The van der Waals surface area contributed by atoms with Crippen molar-refractivity contribution in [3.8, 4) is 6.07 Å². The first-order chi connectivity index (χ1) is 24.9. The quantitative estimate of drug-likeness (QED) is 0.363. The lowest BCUT2D eigenvalue weighted by atomic mass is 9.67. The summed E-state index contributed by atoms with van der Waals surface area (Å²) in [5.74, 6) is 1.10. The lowest BCUT2D eigenvalue weighted by Gasteiger charge is -2.37. The molecule has 0 spiro atoms. The highest BCUT2D eigenvalue weighted by molar-refractivity contribution is 5.95. The number of benzene rings is 2. The lowest BCUT2D eigenvalue weighted by Crippen LogP contribution is -2.46. The van der Waals surface area contributed by atoms with Gasteiger partial charge in [0.2, 0.25) is 5.91 Å². The molecular formula is C39H47N9O3. The number of likely N-dealkylation sites (tertiary alicyclic amines) is 3. The van der Waals surface area contributed by atoms with Gasteiger partial charge in [0.15, 0.2) is 5.82 Å². The number of piperidine rings is 3. The van der Waals surface area contributed by atoms with Crippen LogP contribution in [0.2, 0.25) is 0 Å². The number of nitriles is 1. The number of aryl methyl sites for hydroxylation is 2. The van der Waals surface area contributed by atoms with Crippen LogP contribution in [0.1, 0.15) is 114 Å². The van der Waals surface area contributed by atoms with Gasteiger partial charge in [-0.1, -0.05) is 12.1 Å². The van der Waals surface area contributed by atoms with Crippen molar-refractivity contribution in [3.63, 3.8) is 0 Å². The molecule has 2 aromatic carbocycles. The van der Waals surface area contributed by atoms with Crippen LogP contribution in [0.3, 0.4) is 0 Å². The van der Waals surface area contributed by atoms with E-state index in [1.807, 2.05) is 21.9 Å². The number of rotatable bonds is 8. The Morgan fingerprint density at radius 2 is 1.49 bits per heavy atom. The van der Waals surface area contributed by atoms with Crippen LogP contribution in [0.25, 0.3) is 0 Å². The fraction of sp³-hybridized carbons (Fsp3) is 0.564. The van der Waals surface area contributed by atoms with Gasteiger partial charge in [-0.25, -0.2) is 5.10 Å². The van der Waals surface area contributed by atoms with Crippen LogP contribution < -0.4 is 5.32 Å². The highest BCUT2D eigenvalue weighted by atomic mass is 16.2. The Morgan fingerprint density at radius 3 is 2.02 bits per heavy atom. The number of hydrogen-bond donors (Lipinski definition) is 2. The molecule has 4 heterocycles. The topological polar surface area (TPSA) is 151 Å². The molecule has 2 aliphatic carbocycles. The van der Waals surface area contributed by atoms with Gasteiger partial charge in [0, 0.05) is 49.4 Å². The Morgan fingerprint density at radius 1 is 0.902 bits per heavy atom. The summed E-state index contributed by atoms with van der Waals surface area (Å²) in [6.07, 6.45) is 10.0. The largest absolute Gasteiger partial charge is 0.339 e. The van der Waals surface area contributed by atoms with E-state index in [9.17, 15) is 19.6 Å². The first-order valence-electron chi connectivity index (χ1n) is 18.9. The van der Waals surface area contributed by atoms with Gasteiger partial charge in [0.25, 0.3) is 11.8 Å². The molecule has 3 aliphatic heterocycles. The Bertz CT molecular complexity index is 1760. The molecule has 0 bridgehead atoms. The van der Waals surface area contributed by atoms with E-state index in [0.29, 0.717) is 42.1 Å². The zero-order chi connectivity index (χ0) is 35.1. The SMILES string of the molecule is C[C@@H](CC1(c2nnn[nH]2)c2ccc(C(=O)N3CCCCC3)cc2CCc2cc(C(=O)N3CCCCC3)ccc21)NCC(=O)N1C(C#N)C[C@@H]2C[C@@H]21. The Kier molecular flexibility index (Phi) is 9.09. The molecule has 12 heteroatoms. The van der Waals surface area contributed by atoms with Gasteiger partial charge in [-0.05, 0) is 140 Å². The molecule has 4 fully saturated rings. The number of nitrogens with one attached hydrogen (secondary N) is 2. The highest BCUT2D eigenvalue weighted by Crippen LogP contribution is 2.48. The second kappa shape index (κ2) is 13.8. The van der Waals surface area contributed by atoms with Crippen molar-refractivity contribution in [2.24, 2.45) is 5.92 Å². The van der Waals surface area contributed by atoms with Crippen molar-refractivity contribution in [1.82, 2.24) is 40.6 Å². The maximum Gasteiger partial charge on any atom is 0.253 e. The minimum atomic E-state index is -0.871. The summed E-state index contributed by atoms with van der Waals surface area (Å²) in [5.41, 5.74) is 4.60. The Labute approximate surface area is 298 Å². The van der Waals surface area contributed by atoms with Crippen molar-refractivity contribution in [2.45, 2.75) is 101 Å². The smallest absolute Gasteiger partial charge is 0.253 e. The zero-order valence-electron chi connectivity index (χ0n) is 29.4. The van der Waals surface area contributed by atoms with Gasteiger partial charge in [-0.2, -0.15) is 5.26 Å². The normalized spacial score (nSPS) is 24.1. The summed E-state index contributed by atoms with van der Waals surface area (Å²) < 4.78 is 0. The molecule has 5 aliphatic rings. The molecular weight excluding hydrogens is 642 g/mol. The Hall–Kier alpha value is -4.63. The number of aromatic nitrogens is 4. The molecule has 4 atom stereocenters. The van der Waals surface area contributed by atoms with Crippen LogP contribution in [0.5, 0.6) is 0 Å². The van der Waals surface area contributed by atoms with Gasteiger partial charge >= 0.3 is 0 Å². The van der Waals surface area contributed by atoms with E-state index in [1.54, 1.807) is 4.90 Å². The second-order valence-electron chi connectivity index (χ2n) is 15.3. The summed E-state index contributed by atoms with van der Waals surface area (Å²) in [6.45, 7) is 5.30. The summed E-state index contributed by atoms with van der Waals surface area (Å²) in [4.78, 5) is 46.7. The second-order valence-corrected chi connectivity index (χ2v) is 15.3. The van der Waals surface area contributed by atoms with E-state index in [-0.39, 0.29) is 42.4 Å². The summed E-state index contributed by atoms with van der Waals surface area (Å²) in [5, 5.41) is 28.9. The fourth-order valence-corrected chi connectivity index (χ4v) is 9.40. The number of tetrazole rings is 1. The average molecular weight is 690 g/mol. The van der Waals surface area contributed by atoms with E-state index in [1.165, 1.54) is 0 Å². The third-order valence-electron chi connectivity index (χ3n) is 12.1. The molecule has 1 aromatic heterocycles. The third-order valence-corrected chi connectivity index (χ3v) is 12.1. The zero-order valence-corrected chi connectivity index (χ0v) is 29.4. The van der Waals surface area contributed by atoms with Crippen LogP contribution in [-0.2, 0) is 23.1 Å². The van der Waals surface area contributed by atoms with Crippen molar-refractivity contribution < 1.29 is 14.4 Å². The number of carbonyl (C=O) groups is 3.